The molecule has 26 heavy (non-hydrogen) atoms. The van der Waals surface area contributed by atoms with Gasteiger partial charge in [-0.2, -0.15) is 0 Å². The fourth-order valence-corrected chi connectivity index (χ4v) is 2.60. The summed E-state index contributed by atoms with van der Waals surface area (Å²) < 4.78 is 0. The molecule has 4 nitrogen and oxygen atoms in total. The molecule has 0 unspecified atom stereocenters. The fraction of sp³-hybridized carbons (Fsp3) is 0.182. The molecule has 2 N–H and O–H groups in total. The molecule has 2 aromatic rings. The molecule has 0 heterocycles. The highest BCUT2D eigenvalue weighted by molar-refractivity contribution is 6.04. The lowest BCUT2D eigenvalue weighted by molar-refractivity contribution is 0.473. The highest BCUT2D eigenvalue weighted by Crippen LogP contribution is 2.19. The van der Waals surface area contributed by atoms with Crippen molar-refractivity contribution in [2.24, 2.45) is 9.98 Å². The van der Waals surface area contributed by atoms with Crippen LogP contribution in [0.2, 0.25) is 0 Å². The van der Waals surface area contributed by atoms with E-state index in [4.69, 9.17) is 0 Å². The van der Waals surface area contributed by atoms with Gasteiger partial charge in [-0.25, -0.2) is 0 Å². The molecule has 0 spiro atoms. The molecule has 0 aromatic heterocycles. The minimum absolute atomic E-state index is 0.207. The zero-order valence-electron chi connectivity index (χ0n) is 14.8. The molecule has 2 aromatic carbocycles. The van der Waals surface area contributed by atoms with Gasteiger partial charge in [-0.15, -0.1) is 13.2 Å². The van der Waals surface area contributed by atoms with Crippen molar-refractivity contribution in [1.82, 2.24) is 0 Å². The third-order valence-electron chi connectivity index (χ3n) is 3.81. The third kappa shape index (κ3) is 5.18. The SMILES string of the molecule is C=CCC(=NCCN=C(CC=C)c1ccccc1O)c1ccccc1O. The van der Waals surface area contributed by atoms with Crippen LogP contribution in [-0.2, 0) is 0 Å². The van der Waals surface area contributed by atoms with Crippen LogP contribution in [-0.4, -0.2) is 34.7 Å². The van der Waals surface area contributed by atoms with Crippen molar-refractivity contribution in [1.29, 1.82) is 0 Å². The Balaban J connectivity index is 2.16. The summed E-state index contributed by atoms with van der Waals surface area (Å²) in [4.78, 5) is 9.17. The first kappa shape index (κ1) is 19.2. The topological polar surface area (TPSA) is 65.2 Å². The van der Waals surface area contributed by atoms with Gasteiger partial charge in [-0.05, 0) is 24.3 Å². The van der Waals surface area contributed by atoms with Gasteiger partial charge in [-0.1, -0.05) is 36.4 Å². The number of para-hydroxylation sites is 2. The van der Waals surface area contributed by atoms with E-state index >= 15 is 0 Å². The number of aliphatic imine (C=N–C) groups is 2. The van der Waals surface area contributed by atoms with Crippen LogP contribution in [0.4, 0.5) is 0 Å². The predicted molar refractivity (Wildman–Crippen MR) is 109 cm³/mol. The van der Waals surface area contributed by atoms with E-state index in [2.05, 4.69) is 23.1 Å². The Morgan fingerprint density at radius 1 is 0.731 bits per heavy atom. The van der Waals surface area contributed by atoms with E-state index in [1.54, 1.807) is 36.4 Å². The van der Waals surface area contributed by atoms with Crippen molar-refractivity contribution in [2.45, 2.75) is 12.8 Å². The van der Waals surface area contributed by atoms with Crippen molar-refractivity contribution in [3.63, 3.8) is 0 Å². The summed E-state index contributed by atoms with van der Waals surface area (Å²) in [6.45, 7) is 8.47. The number of hydrogen-bond donors (Lipinski definition) is 2. The molecule has 0 aliphatic carbocycles. The van der Waals surface area contributed by atoms with E-state index in [9.17, 15) is 10.2 Å². The van der Waals surface area contributed by atoms with Crippen LogP contribution in [0.5, 0.6) is 11.5 Å². The zero-order chi connectivity index (χ0) is 18.8. The average molecular weight is 348 g/mol. The summed E-state index contributed by atoms with van der Waals surface area (Å²) >= 11 is 0. The standard InChI is InChI=1S/C22H24N2O2/c1-3-9-19(17-11-5-7-13-21(17)25)23-15-16-24-20(10-4-2)18-12-6-8-14-22(18)26/h3-8,11-14,25-26H,1-2,9-10,15-16H2. The monoisotopic (exact) mass is 348 g/mol. The predicted octanol–water partition coefficient (Wildman–Crippen LogP) is 4.53. The van der Waals surface area contributed by atoms with E-state index < -0.39 is 0 Å². The number of rotatable bonds is 9. The molecule has 2 rings (SSSR count). The van der Waals surface area contributed by atoms with E-state index in [-0.39, 0.29) is 11.5 Å². The molecule has 0 saturated heterocycles. The molecular weight excluding hydrogens is 324 g/mol. The van der Waals surface area contributed by atoms with Gasteiger partial charge in [0.25, 0.3) is 0 Å². The zero-order valence-corrected chi connectivity index (χ0v) is 14.8. The molecule has 0 radical (unpaired) electrons. The molecular formula is C22H24N2O2. The summed E-state index contributed by atoms with van der Waals surface area (Å²) in [5, 5.41) is 20.0. The second-order valence-corrected chi connectivity index (χ2v) is 5.68. The van der Waals surface area contributed by atoms with Crippen molar-refractivity contribution in [2.75, 3.05) is 13.1 Å². The molecule has 0 bridgehead atoms. The first-order valence-corrected chi connectivity index (χ1v) is 8.52. The molecule has 0 saturated carbocycles. The maximum atomic E-state index is 10.0. The molecule has 0 aliphatic heterocycles. The van der Waals surface area contributed by atoms with Crippen LogP contribution >= 0.6 is 0 Å². The number of hydrogen-bond acceptors (Lipinski definition) is 4. The normalized spacial score (nSPS) is 12.0. The van der Waals surface area contributed by atoms with Gasteiger partial charge in [-0.3, -0.25) is 9.98 Å². The minimum Gasteiger partial charge on any atom is -0.507 e. The number of aromatic hydroxyl groups is 2. The maximum Gasteiger partial charge on any atom is 0.124 e. The van der Waals surface area contributed by atoms with Crippen LogP contribution in [0.1, 0.15) is 24.0 Å². The van der Waals surface area contributed by atoms with Gasteiger partial charge in [0, 0.05) is 35.4 Å². The molecule has 134 valence electrons. The average Bonchev–Trinajstić information content (AvgIpc) is 2.64. The summed E-state index contributed by atoms with van der Waals surface area (Å²) in [5.41, 5.74) is 2.98. The maximum absolute atomic E-state index is 10.0. The van der Waals surface area contributed by atoms with E-state index in [0.29, 0.717) is 37.1 Å². The highest BCUT2D eigenvalue weighted by Gasteiger charge is 2.08. The number of phenolic OH excluding ortho intramolecular Hbond substituents is 2. The van der Waals surface area contributed by atoms with Gasteiger partial charge >= 0.3 is 0 Å². The smallest absolute Gasteiger partial charge is 0.124 e. The van der Waals surface area contributed by atoms with Crippen LogP contribution in [0.25, 0.3) is 0 Å². The van der Waals surface area contributed by atoms with Crippen molar-refractivity contribution in [3.8, 4) is 11.5 Å². The van der Waals surface area contributed by atoms with E-state index in [1.807, 2.05) is 24.3 Å². The summed E-state index contributed by atoms with van der Waals surface area (Å²) in [6.07, 6.45) is 4.67. The molecule has 0 amide bonds. The molecule has 0 atom stereocenters. The van der Waals surface area contributed by atoms with Gasteiger partial charge in [0.2, 0.25) is 0 Å². The lowest BCUT2D eigenvalue weighted by Gasteiger charge is -2.08. The van der Waals surface area contributed by atoms with Crippen molar-refractivity contribution in [3.05, 3.63) is 85.0 Å². The second-order valence-electron chi connectivity index (χ2n) is 5.68. The number of allylic oxidation sites excluding steroid dienone is 2. The highest BCUT2D eigenvalue weighted by atomic mass is 16.3. The van der Waals surface area contributed by atoms with Crippen molar-refractivity contribution >= 4 is 11.4 Å². The molecule has 0 fully saturated rings. The molecule has 4 heteroatoms. The lowest BCUT2D eigenvalue weighted by atomic mass is 10.1. The Morgan fingerprint density at radius 2 is 1.12 bits per heavy atom. The van der Waals surface area contributed by atoms with Crippen LogP contribution in [0.3, 0.4) is 0 Å². The minimum atomic E-state index is 0.207. The van der Waals surface area contributed by atoms with Gasteiger partial charge < -0.3 is 10.2 Å². The summed E-state index contributed by atoms with van der Waals surface area (Å²) in [6, 6.07) is 14.3. The van der Waals surface area contributed by atoms with Gasteiger partial charge in [0.1, 0.15) is 11.5 Å². The second kappa shape index (κ2) is 9.99. The van der Waals surface area contributed by atoms with Crippen LogP contribution < -0.4 is 0 Å². The van der Waals surface area contributed by atoms with E-state index in [0.717, 1.165) is 11.4 Å². The van der Waals surface area contributed by atoms with Crippen LogP contribution in [0.15, 0.2) is 83.8 Å². The van der Waals surface area contributed by atoms with Crippen molar-refractivity contribution < 1.29 is 10.2 Å². The third-order valence-corrected chi connectivity index (χ3v) is 3.81. The fourth-order valence-electron chi connectivity index (χ4n) is 2.60. The largest absolute Gasteiger partial charge is 0.507 e. The summed E-state index contributed by atoms with van der Waals surface area (Å²) in [7, 11) is 0. The Kier molecular flexibility index (Phi) is 7.37. The Labute approximate surface area is 154 Å². The van der Waals surface area contributed by atoms with E-state index in [1.165, 1.54) is 0 Å². The lowest BCUT2D eigenvalue weighted by Crippen LogP contribution is -2.05. The quantitative estimate of drug-likeness (QED) is 0.397. The first-order valence-electron chi connectivity index (χ1n) is 8.52. The number of nitrogens with zero attached hydrogens (tertiary/aromatic N) is 2. The van der Waals surface area contributed by atoms with Gasteiger partial charge in [0.05, 0.1) is 13.1 Å². The Morgan fingerprint density at radius 3 is 1.46 bits per heavy atom. The Hall–Kier alpha value is -3.14. The summed E-state index contributed by atoms with van der Waals surface area (Å²) in [5.74, 6) is 0.413. The van der Waals surface area contributed by atoms with Gasteiger partial charge in [0.15, 0.2) is 0 Å². The number of phenols is 2. The van der Waals surface area contributed by atoms with Crippen LogP contribution in [0, 0.1) is 0 Å². The first-order chi connectivity index (χ1) is 12.7. The molecule has 0 aliphatic rings. The Bertz CT molecular complexity index is 753. The number of benzene rings is 2.